The first kappa shape index (κ1) is 17.8. The number of hydrogen-bond acceptors (Lipinski definition) is 5. The minimum Gasteiger partial charge on any atom is -0.322 e. The van der Waals surface area contributed by atoms with Gasteiger partial charge in [0, 0.05) is 37.2 Å². The average molecular weight is 382 g/mol. The molecule has 0 aromatic heterocycles. The number of fused-ring (bicyclic) bond motifs is 1. The maximum absolute atomic E-state index is 13.0. The highest BCUT2D eigenvalue weighted by atomic mass is 16.2. The van der Waals surface area contributed by atoms with E-state index in [1.54, 1.807) is 4.90 Å². The number of piperidine rings is 2. The Labute approximate surface area is 164 Å². The van der Waals surface area contributed by atoms with Crippen LogP contribution < -0.4 is 10.6 Å². The zero-order chi connectivity index (χ0) is 19.3. The number of benzene rings is 1. The largest absolute Gasteiger partial charge is 0.322 e. The van der Waals surface area contributed by atoms with E-state index >= 15 is 0 Å². The summed E-state index contributed by atoms with van der Waals surface area (Å²) < 4.78 is 0. The normalized spacial score (nSPS) is 26.9. The van der Waals surface area contributed by atoms with Gasteiger partial charge in [-0.05, 0) is 56.0 Å². The van der Waals surface area contributed by atoms with Gasteiger partial charge in [0.25, 0.3) is 5.91 Å². The van der Waals surface area contributed by atoms with Crippen molar-refractivity contribution < 1.29 is 14.4 Å². The minimum atomic E-state index is -0.551. The van der Waals surface area contributed by atoms with Crippen molar-refractivity contribution in [1.29, 1.82) is 0 Å². The molecule has 4 aliphatic heterocycles. The summed E-state index contributed by atoms with van der Waals surface area (Å²) in [4.78, 5) is 40.9. The van der Waals surface area contributed by atoms with Crippen molar-refractivity contribution in [1.82, 2.24) is 20.4 Å². The number of nitrogens with one attached hydrogen (secondary N) is 2. The van der Waals surface area contributed by atoms with E-state index < -0.39 is 6.04 Å². The topological polar surface area (TPSA) is 81.8 Å². The monoisotopic (exact) mass is 382 g/mol. The van der Waals surface area contributed by atoms with E-state index in [1.807, 2.05) is 12.1 Å². The lowest BCUT2D eigenvalue weighted by Gasteiger charge is -2.55. The number of carbonyl (C=O) groups is 3. The minimum absolute atomic E-state index is 0.0912. The number of likely N-dealkylation sites (tertiary alicyclic amines) is 1. The lowest BCUT2D eigenvalue weighted by molar-refractivity contribution is -0.136. The Morgan fingerprint density at radius 1 is 1.11 bits per heavy atom. The van der Waals surface area contributed by atoms with Crippen molar-refractivity contribution in [2.75, 3.05) is 19.6 Å². The highest BCUT2D eigenvalue weighted by molar-refractivity contribution is 6.05. The SMILES string of the molecule is O=C1CCC(N2Cc3c(CN4CCC45CCNCC5)cccc3C2=O)C(=O)N1. The molecule has 3 amide bonds. The van der Waals surface area contributed by atoms with E-state index in [-0.39, 0.29) is 24.1 Å². The molecular weight excluding hydrogens is 356 g/mol. The van der Waals surface area contributed by atoms with Crippen LogP contribution in [-0.2, 0) is 22.7 Å². The Morgan fingerprint density at radius 2 is 1.93 bits per heavy atom. The fourth-order valence-corrected chi connectivity index (χ4v) is 5.29. The molecule has 3 fully saturated rings. The van der Waals surface area contributed by atoms with Gasteiger partial charge in [-0.2, -0.15) is 0 Å². The summed E-state index contributed by atoms with van der Waals surface area (Å²) in [6.07, 6.45) is 4.31. The van der Waals surface area contributed by atoms with E-state index in [0.29, 0.717) is 24.1 Å². The maximum Gasteiger partial charge on any atom is 0.255 e. The van der Waals surface area contributed by atoms with E-state index in [9.17, 15) is 14.4 Å². The molecular formula is C21H26N4O3. The molecule has 2 N–H and O–H groups in total. The summed E-state index contributed by atoms with van der Waals surface area (Å²) in [5, 5.41) is 5.82. The molecule has 1 aromatic rings. The molecule has 7 nitrogen and oxygen atoms in total. The molecule has 0 radical (unpaired) electrons. The summed E-state index contributed by atoms with van der Waals surface area (Å²) >= 11 is 0. The van der Waals surface area contributed by atoms with Gasteiger partial charge in [0.2, 0.25) is 11.8 Å². The third-order valence-electron chi connectivity index (χ3n) is 7.09. The second-order valence-corrected chi connectivity index (χ2v) is 8.49. The Balaban J connectivity index is 1.36. The quantitative estimate of drug-likeness (QED) is 0.755. The van der Waals surface area contributed by atoms with Gasteiger partial charge in [0.1, 0.15) is 6.04 Å². The summed E-state index contributed by atoms with van der Waals surface area (Å²) in [5.74, 6) is -0.696. The Bertz CT molecular complexity index is 846. The van der Waals surface area contributed by atoms with Crippen molar-refractivity contribution in [2.24, 2.45) is 0 Å². The van der Waals surface area contributed by atoms with E-state index in [0.717, 1.165) is 31.7 Å². The highest BCUT2D eigenvalue weighted by Gasteiger charge is 2.45. The molecule has 0 bridgehead atoms. The van der Waals surface area contributed by atoms with Crippen LogP contribution in [0.1, 0.15) is 53.6 Å². The van der Waals surface area contributed by atoms with Crippen molar-refractivity contribution in [3.8, 4) is 0 Å². The van der Waals surface area contributed by atoms with Crippen LogP contribution >= 0.6 is 0 Å². The van der Waals surface area contributed by atoms with Crippen molar-refractivity contribution >= 4 is 17.7 Å². The molecule has 4 heterocycles. The number of hydrogen-bond donors (Lipinski definition) is 2. The average Bonchev–Trinajstić information content (AvgIpc) is 3.03. The van der Waals surface area contributed by atoms with Gasteiger partial charge in [0.15, 0.2) is 0 Å². The predicted octanol–water partition coefficient (Wildman–Crippen LogP) is 0.776. The molecule has 7 heteroatoms. The van der Waals surface area contributed by atoms with E-state index in [2.05, 4.69) is 21.6 Å². The van der Waals surface area contributed by atoms with Crippen LogP contribution in [0.2, 0.25) is 0 Å². The van der Waals surface area contributed by atoms with Crippen LogP contribution in [0.5, 0.6) is 0 Å². The van der Waals surface area contributed by atoms with Crippen LogP contribution in [0, 0.1) is 0 Å². The van der Waals surface area contributed by atoms with Crippen LogP contribution in [0.25, 0.3) is 0 Å². The number of nitrogens with zero attached hydrogens (tertiary/aromatic N) is 2. The first-order valence-electron chi connectivity index (χ1n) is 10.3. The smallest absolute Gasteiger partial charge is 0.255 e. The summed E-state index contributed by atoms with van der Waals surface area (Å²) in [6, 6.07) is 5.39. The Kier molecular flexibility index (Phi) is 4.25. The standard InChI is InChI=1S/C21H26N4O3/c26-18-5-4-17(19(27)23-18)25-13-16-14(2-1-3-15(16)20(25)28)12-24-11-8-21(24)6-9-22-10-7-21/h1-3,17,22H,4-13H2,(H,23,26,27). The zero-order valence-corrected chi connectivity index (χ0v) is 16.0. The van der Waals surface area contributed by atoms with Crippen molar-refractivity contribution in [2.45, 2.75) is 56.8 Å². The van der Waals surface area contributed by atoms with Crippen molar-refractivity contribution in [3.05, 3.63) is 34.9 Å². The molecule has 1 aromatic carbocycles. The highest BCUT2D eigenvalue weighted by Crippen LogP contribution is 2.40. The Morgan fingerprint density at radius 3 is 2.64 bits per heavy atom. The lowest BCUT2D eigenvalue weighted by Crippen LogP contribution is -2.63. The van der Waals surface area contributed by atoms with Gasteiger partial charge < -0.3 is 10.2 Å². The second kappa shape index (κ2) is 6.67. The lowest BCUT2D eigenvalue weighted by atomic mass is 9.76. The third kappa shape index (κ3) is 2.76. The molecule has 5 rings (SSSR count). The second-order valence-electron chi connectivity index (χ2n) is 8.49. The van der Waals surface area contributed by atoms with Gasteiger partial charge in [-0.25, -0.2) is 0 Å². The van der Waals surface area contributed by atoms with Crippen molar-refractivity contribution in [3.63, 3.8) is 0 Å². The molecule has 1 spiro atoms. The zero-order valence-electron chi connectivity index (χ0n) is 16.0. The summed E-state index contributed by atoms with van der Waals surface area (Å²) in [5.41, 5.74) is 3.27. The Hall–Kier alpha value is -2.25. The molecule has 0 saturated carbocycles. The number of amides is 3. The number of imide groups is 1. The molecule has 148 valence electrons. The molecule has 3 saturated heterocycles. The summed E-state index contributed by atoms with van der Waals surface area (Å²) in [7, 11) is 0. The van der Waals surface area contributed by atoms with Gasteiger partial charge in [-0.1, -0.05) is 12.1 Å². The molecule has 1 atom stereocenters. The van der Waals surface area contributed by atoms with E-state index in [4.69, 9.17) is 0 Å². The van der Waals surface area contributed by atoms with Crippen LogP contribution in [0.4, 0.5) is 0 Å². The fraction of sp³-hybridized carbons (Fsp3) is 0.571. The predicted molar refractivity (Wildman–Crippen MR) is 102 cm³/mol. The van der Waals surface area contributed by atoms with Gasteiger partial charge >= 0.3 is 0 Å². The molecule has 1 unspecified atom stereocenters. The van der Waals surface area contributed by atoms with Crippen LogP contribution in [0.15, 0.2) is 18.2 Å². The first-order valence-corrected chi connectivity index (χ1v) is 10.3. The third-order valence-corrected chi connectivity index (χ3v) is 7.09. The molecule has 0 aliphatic carbocycles. The van der Waals surface area contributed by atoms with Gasteiger partial charge in [0.05, 0.1) is 0 Å². The molecule has 4 aliphatic rings. The van der Waals surface area contributed by atoms with Gasteiger partial charge in [-0.15, -0.1) is 0 Å². The van der Waals surface area contributed by atoms with E-state index in [1.165, 1.54) is 24.8 Å². The van der Waals surface area contributed by atoms with Crippen LogP contribution in [-0.4, -0.2) is 58.7 Å². The van der Waals surface area contributed by atoms with Gasteiger partial charge in [-0.3, -0.25) is 24.6 Å². The number of carbonyl (C=O) groups excluding carboxylic acids is 3. The maximum atomic E-state index is 13.0. The first-order chi connectivity index (χ1) is 13.6. The molecule has 28 heavy (non-hydrogen) atoms. The number of rotatable bonds is 3. The summed E-state index contributed by atoms with van der Waals surface area (Å²) in [6.45, 7) is 4.57. The van der Waals surface area contributed by atoms with Crippen LogP contribution in [0.3, 0.4) is 0 Å². The fourth-order valence-electron chi connectivity index (χ4n) is 5.29.